The summed E-state index contributed by atoms with van der Waals surface area (Å²) in [6.07, 6.45) is 7.76. The second-order valence-electron chi connectivity index (χ2n) is 9.71. The molecule has 0 radical (unpaired) electrons. The van der Waals surface area contributed by atoms with E-state index >= 15 is 0 Å². The van der Waals surface area contributed by atoms with Crippen LogP contribution in [0.4, 0.5) is 4.39 Å². The second-order valence-corrected chi connectivity index (χ2v) is 10.1. The first-order valence-corrected chi connectivity index (χ1v) is 12.9. The number of allylic oxidation sites excluding steroid dienone is 6. The van der Waals surface area contributed by atoms with E-state index in [-0.39, 0.29) is 18.2 Å². The quantitative estimate of drug-likeness (QED) is 0.166. The average molecular weight is 535 g/mol. The van der Waals surface area contributed by atoms with Gasteiger partial charge < -0.3 is 9.30 Å². The predicted molar refractivity (Wildman–Crippen MR) is 157 cm³/mol. The zero-order valence-electron chi connectivity index (χ0n) is 23.7. The second kappa shape index (κ2) is 12.1. The Kier molecular flexibility index (Phi) is 9.29. The van der Waals surface area contributed by atoms with Crippen molar-refractivity contribution >= 4 is 34.0 Å². The van der Waals surface area contributed by atoms with Crippen molar-refractivity contribution in [3.63, 3.8) is 0 Å². The molecule has 0 fully saturated rings. The molecule has 2 aromatic carbocycles. The van der Waals surface area contributed by atoms with Crippen LogP contribution in [-0.4, -0.2) is 29.1 Å². The van der Waals surface area contributed by atoms with E-state index in [0.717, 1.165) is 50.3 Å². The highest BCUT2D eigenvalue weighted by Crippen LogP contribution is 2.38. The molecule has 0 atom stereocenters. The van der Waals surface area contributed by atoms with Crippen LogP contribution in [-0.2, 0) is 11.8 Å². The summed E-state index contributed by atoms with van der Waals surface area (Å²) in [4.78, 5) is 18.0. The smallest absolute Gasteiger partial charge is 0.188 e. The number of nitrogens with zero attached hydrogens (tertiary/aromatic N) is 2. The first kappa shape index (κ1) is 29.3. The third kappa shape index (κ3) is 5.74. The summed E-state index contributed by atoms with van der Waals surface area (Å²) in [6.45, 7) is 13.5. The molecule has 4 nitrogen and oxygen atoms in total. The van der Waals surface area contributed by atoms with E-state index < -0.39 is 0 Å². The molecule has 0 aliphatic rings. The van der Waals surface area contributed by atoms with E-state index in [1.807, 2.05) is 63.6 Å². The fourth-order valence-corrected chi connectivity index (χ4v) is 4.92. The van der Waals surface area contributed by atoms with Crippen molar-refractivity contribution in [1.29, 1.82) is 0 Å². The number of methoxy groups -OCH3 is 1. The molecule has 0 saturated carbocycles. The lowest BCUT2D eigenvalue weighted by Crippen LogP contribution is -2.06. The first-order chi connectivity index (χ1) is 17.9. The number of hydrogen-bond donors (Lipinski definition) is 0. The van der Waals surface area contributed by atoms with Crippen molar-refractivity contribution in [1.82, 2.24) is 9.55 Å². The Balaban J connectivity index is 2.22. The Morgan fingerprint density at radius 3 is 2.42 bits per heavy atom. The Labute approximate surface area is 230 Å². The number of imidazole rings is 1. The number of aromatic nitrogens is 2. The Morgan fingerprint density at radius 2 is 1.82 bits per heavy atom. The van der Waals surface area contributed by atoms with Gasteiger partial charge in [0.2, 0.25) is 0 Å². The number of fused-ring (bicyclic) bond motifs is 1. The maximum absolute atomic E-state index is 14.4. The van der Waals surface area contributed by atoms with E-state index in [9.17, 15) is 9.18 Å². The lowest BCUT2D eigenvalue weighted by molar-refractivity contribution is 0.103. The van der Waals surface area contributed by atoms with Crippen LogP contribution < -0.4 is 0 Å². The summed E-state index contributed by atoms with van der Waals surface area (Å²) in [5.74, 6) is 0.267. The van der Waals surface area contributed by atoms with Gasteiger partial charge in [0.25, 0.3) is 0 Å². The molecule has 3 rings (SSSR count). The molecule has 0 spiro atoms. The number of ether oxygens (including phenoxy) is 1. The van der Waals surface area contributed by atoms with Crippen molar-refractivity contribution in [2.24, 2.45) is 7.05 Å². The molecule has 1 heterocycles. The maximum Gasteiger partial charge on any atom is 0.188 e. The van der Waals surface area contributed by atoms with Crippen LogP contribution in [0.2, 0.25) is 5.02 Å². The molecule has 0 N–H and O–H groups in total. The van der Waals surface area contributed by atoms with Crippen molar-refractivity contribution in [3.05, 3.63) is 104 Å². The van der Waals surface area contributed by atoms with Gasteiger partial charge in [-0.1, -0.05) is 29.8 Å². The topological polar surface area (TPSA) is 44.1 Å². The molecule has 0 aliphatic heterocycles. The highest BCUT2D eigenvalue weighted by atomic mass is 35.5. The number of Topliss-reactive ketones (excluding diaryl/α,β-unsaturated/α-hetero) is 1. The number of halogens is 2. The molecule has 0 amide bonds. The van der Waals surface area contributed by atoms with Crippen LogP contribution in [0.15, 0.2) is 59.2 Å². The summed E-state index contributed by atoms with van der Waals surface area (Å²) >= 11 is 7.01. The van der Waals surface area contributed by atoms with Gasteiger partial charge in [0.15, 0.2) is 5.78 Å². The molecule has 0 saturated heterocycles. The summed E-state index contributed by atoms with van der Waals surface area (Å²) in [6, 6.07) is 5.14. The number of hydrogen-bond acceptors (Lipinski definition) is 3. The van der Waals surface area contributed by atoms with Crippen LogP contribution in [0.5, 0.6) is 0 Å². The van der Waals surface area contributed by atoms with Crippen LogP contribution in [0.1, 0.15) is 59.2 Å². The number of rotatable bonds is 8. The summed E-state index contributed by atoms with van der Waals surface area (Å²) < 4.78 is 21.9. The van der Waals surface area contributed by atoms with Crippen molar-refractivity contribution in [2.75, 3.05) is 13.7 Å². The fourth-order valence-electron chi connectivity index (χ4n) is 4.53. The normalized spacial score (nSPS) is 13.6. The van der Waals surface area contributed by atoms with Gasteiger partial charge in [-0.05, 0) is 112 Å². The number of ketones is 1. The van der Waals surface area contributed by atoms with Gasteiger partial charge in [0.1, 0.15) is 17.2 Å². The third-order valence-corrected chi connectivity index (χ3v) is 7.43. The minimum absolute atomic E-state index is 0.230. The number of carbonyl (C=O) groups is 1. The van der Waals surface area contributed by atoms with Crippen LogP contribution >= 0.6 is 11.6 Å². The molecule has 0 bridgehead atoms. The summed E-state index contributed by atoms with van der Waals surface area (Å²) in [5.41, 5.74) is 8.38. The fraction of sp³-hybridized carbons (Fsp3) is 0.312. The van der Waals surface area contributed by atoms with Crippen LogP contribution in [0.3, 0.4) is 0 Å². The highest BCUT2D eigenvalue weighted by molar-refractivity contribution is 6.37. The van der Waals surface area contributed by atoms with Crippen LogP contribution in [0.25, 0.3) is 16.6 Å². The van der Waals surface area contributed by atoms with Gasteiger partial charge in [-0.3, -0.25) is 4.79 Å². The van der Waals surface area contributed by atoms with Gasteiger partial charge in [-0.15, -0.1) is 0 Å². The average Bonchev–Trinajstić information content (AvgIpc) is 3.16. The van der Waals surface area contributed by atoms with E-state index in [0.29, 0.717) is 21.7 Å². The SMILES string of the molecule is C\C=C/C=C(\C(C)=C(\C=C(/C)C(=O)c1cc(C)c(C)c(F)c1)COC)c1c(C)cc2c(nc(C)n2C)c1Cl. The van der Waals surface area contributed by atoms with Crippen molar-refractivity contribution in [3.8, 4) is 0 Å². The largest absolute Gasteiger partial charge is 0.380 e. The Morgan fingerprint density at radius 1 is 1.13 bits per heavy atom. The molecule has 3 aromatic rings. The lowest BCUT2D eigenvalue weighted by atomic mass is 9.90. The van der Waals surface area contributed by atoms with E-state index in [1.54, 1.807) is 33.9 Å². The van der Waals surface area contributed by atoms with Crippen LogP contribution in [0, 0.1) is 33.5 Å². The van der Waals surface area contributed by atoms with Gasteiger partial charge >= 0.3 is 0 Å². The van der Waals surface area contributed by atoms with Gasteiger partial charge in [0, 0.05) is 25.3 Å². The zero-order chi connectivity index (χ0) is 28.3. The Bertz CT molecular complexity index is 1510. The summed E-state index contributed by atoms with van der Waals surface area (Å²) in [7, 11) is 3.60. The number of aryl methyl sites for hydroxylation is 4. The van der Waals surface area contributed by atoms with E-state index in [2.05, 4.69) is 6.07 Å². The van der Waals surface area contributed by atoms with Gasteiger partial charge in [-0.25, -0.2) is 9.37 Å². The van der Waals surface area contributed by atoms with E-state index in [4.69, 9.17) is 21.3 Å². The van der Waals surface area contributed by atoms with E-state index in [1.165, 1.54) is 6.07 Å². The molecular formula is C32H36ClFN2O2. The Hall–Kier alpha value is -3.28. The molecular weight excluding hydrogens is 499 g/mol. The monoisotopic (exact) mass is 534 g/mol. The predicted octanol–water partition coefficient (Wildman–Crippen LogP) is 8.35. The molecule has 0 unspecified atom stereocenters. The van der Waals surface area contributed by atoms with Crippen molar-refractivity contribution in [2.45, 2.75) is 48.5 Å². The lowest BCUT2D eigenvalue weighted by Gasteiger charge is -2.18. The highest BCUT2D eigenvalue weighted by Gasteiger charge is 2.20. The minimum atomic E-state index is -0.383. The van der Waals surface area contributed by atoms with Gasteiger partial charge in [-0.2, -0.15) is 0 Å². The zero-order valence-corrected chi connectivity index (χ0v) is 24.5. The standard InChI is InChI=1S/C32H36ClFN2O2/c1-10-11-12-26(29-19(3)15-28-31(30(29)33)35-23(7)36(28)8)22(6)25(17-38-9)14-20(4)32(37)24-13-18(2)21(5)27(34)16-24/h10-16H,17H2,1-9H3/b11-10-,20-14+,25-22-,26-12+. The molecule has 200 valence electrons. The molecule has 6 heteroatoms. The third-order valence-electron chi connectivity index (χ3n) is 7.06. The summed E-state index contributed by atoms with van der Waals surface area (Å²) in [5, 5.41) is 0.581. The van der Waals surface area contributed by atoms with Crippen molar-refractivity contribution < 1.29 is 13.9 Å². The number of benzene rings is 2. The minimum Gasteiger partial charge on any atom is -0.380 e. The first-order valence-electron chi connectivity index (χ1n) is 12.6. The number of carbonyl (C=O) groups excluding carboxylic acids is 1. The molecule has 1 aromatic heterocycles. The molecule has 0 aliphatic carbocycles. The van der Waals surface area contributed by atoms with Gasteiger partial charge in [0.05, 0.1) is 17.1 Å². The molecule has 38 heavy (non-hydrogen) atoms. The maximum atomic E-state index is 14.4.